The van der Waals surface area contributed by atoms with Gasteiger partial charge in [-0.3, -0.25) is 4.79 Å². The van der Waals surface area contributed by atoms with Gasteiger partial charge < -0.3 is 10.4 Å². The molecule has 1 aliphatic carbocycles. The molecule has 1 atom stereocenters. The fourth-order valence-electron chi connectivity index (χ4n) is 2.73. The number of fused-ring (bicyclic) bond motifs is 1. The van der Waals surface area contributed by atoms with E-state index in [0.29, 0.717) is 5.56 Å². The van der Waals surface area contributed by atoms with Crippen molar-refractivity contribution in [2.75, 3.05) is 0 Å². The molecule has 0 bridgehead atoms. The minimum atomic E-state index is -0.988. The molecular formula is C16H21NO3. The highest BCUT2D eigenvalue weighted by Crippen LogP contribution is 2.24. The highest BCUT2D eigenvalue weighted by Gasteiger charge is 2.25. The van der Waals surface area contributed by atoms with E-state index in [1.54, 1.807) is 19.9 Å². The fraction of sp³-hybridized carbons (Fsp3) is 0.500. The normalized spacial score (nSPS) is 15.6. The van der Waals surface area contributed by atoms with Crippen LogP contribution in [-0.2, 0) is 17.6 Å². The van der Waals surface area contributed by atoms with Crippen molar-refractivity contribution in [3.05, 3.63) is 34.9 Å². The largest absolute Gasteiger partial charge is 0.480 e. The van der Waals surface area contributed by atoms with Gasteiger partial charge in [0.1, 0.15) is 6.04 Å². The summed E-state index contributed by atoms with van der Waals surface area (Å²) in [6.45, 7) is 3.58. The molecule has 0 fully saturated rings. The van der Waals surface area contributed by atoms with Crippen LogP contribution in [0.5, 0.6) is 0 Å². The van der Waals surface area contributed by atoms with E-state index < -0.39 is 12.0 Å². The molecule has 4 heteroatoms. The first kappa shape index (κ1) is 14.6. The summed E-state index contributed by atoms with van der Waals surface area (Å²) in [5.74, 6) is -1.40. The monoisotopic (exact) mass is 275 g/mol. The molecule has 1 aromatic rings. The molecule has 2 N–H and O–H groups in total. The van der Waals surface area contributed by atoms with Crippen LogP contribution in [0.2, 0.25) is 0 Å². The average molecular weight is 275 g/mol. The van der Waals surface area contributed by atoms with Crippen LogP contribution < -0.4 is 5.32 Å². The van der Waals surface area contributed by atoms with Crippen LogP contribution in [0.3, 0.4) is 0 Å². The van der Waals surface area contributed by atoms with Gasteiger partial charge in [-0.25, -0.2) is 4.79 Å². The maximum Gasteiger partial charge on any atom is 0.326 e. The van der Waals surface area contributed by atoms with Gasteiger partial charge in [-0.15, -0.1) is 0 Å². The molecule has 0 aromatic heterocycles. The van der Waals surface area contributed by atoms with Gasteiger partial charge in [-0.05, 0) is 48.8 Å². The van der Waals surface area contributed by atoms with E-state index in [0.717, 1.165) is 31.2 Å². The number of benzene rings is 1. The lowest BCUT2D eigenvalue weighted by molar-refractivity contribution is -0.140. The van der Waals surface area contributed by atoms with Gasteiger partial charge in [-0.1, -0.05) is 26.0 Å². The summed E-state index contributed by atoms with van der Waals surface area (Å²) in [5.41, 5.74) is 2.94. The van der Waals surface area contributed by atoms with Crippen molar-refractivity contribution in [2.24, 2.45) is 5.92 Å². The average Bonchev–Trinajstić information content (AvgIpc) is 2.43. The predicted octanol–water partition coefficient (Wildman–Crippen LogP) is 2.40. The zero-order chi connectivity index (χ0) is 14.7. The van der Waals surface area contributed by atoms with E-state index in [9.17, 15) is 9.59 Å². The van der Waals surface area contributed by atoms with Crippen molar-refractivity contribution >= 4 is 11.9 Å². The lowest BCUT2D eigenvalue weighted by atomic mass is 9.88. The Morgan fingerprint density at radius 1 is 1.20 bits per heavy atom. The first-order valence-electron chi connectivity index (χ1n) is 7.15. The molecule has 108 valence electrons. The number of carboxylic acids is 1. The van der Waals surface area contributed by atoms with Crippen molar-refractivity contribution in [3.8, 4) is 0 Å². The lowest BCUT2D eigenvalue weighted by Crippen LogP contribution is -2.44. The Labute approximate surface area is 119 Å². The molecule has 1 aliphatic rings. The van der Waals surface area contributed by atoms with Crippen molar-refractivity contribution in [1.29, 1.82) is 0 Å². The van der Waals surface area contributed by atoms with Crippen LogP contribution in [0.25, 0.3) is 0 Å². The number of rotatable bonds is 4. The number of carbonyl (C=O) groups is 2. The second-order valence-electron chi connectivity index (χ2n) is 5.68. The van der Waals surface area contributed by atoms with Gasteiger partial charge in [-0.2, -0.15) is 0 Å². The Morgan fingerprint density at radius 3 is 2.55 bits per heavy atom. The van der Waals surface area contributed by atoms with Gasteiger partial charge in [0, 0.05) is 5.56 Å². The molecule has 0 saturated carbocycles. The summed E-state index contributed by atoms with van der Waals surface area (Å²) in [5, 5.41) is 11.8. The van der Waals surface area contributed by atoms with Crippen molar-refractivity contribution < 1.29 is 14.7 Å². The van der Waals surface area contributed by atoms with Crippen LogP contribution in [0.15, 0.2) is 18.2 Å². The number of hydrogen-bond acceptors (Lipinski definition) is 2. The van der Waals surface area contributed by atoms with Crippen LogP contribution in [0.1, 0.15) is 48.2 Å². The number of aryl methyl sites for hydroxylation is 1. The van der Waals surface area contributed by atoms with Crippen LogP contribution in [0.4, 0.5) is 0 Å². The van der Waals surface area contributed by atoms with Gasteiger partial charge in [0.05, 0.1) is 0 Å². The Bertz CT molecular complexity index is 522. The summed E-state index contributed by atoms with van der Waals surface area (Å²) in [4.78, 5) is 23.5. The molecule has 0 unspecified atom stereocenters. The van der Waals surface area contributed by atoms with E-state index in [1.807, 2.05) is 6.07 Å². The van der Waals surface area contributed by atoms with Crippen LogP contribution in [-0.4, -0.2) is 23.0 Å². The third-order valence-corrected chi connectivity index (χ3v) is 3.86. The summed E-state index contributed by atoms with van der Waals surface area (Å²) in [7, 11) is 0. The number of aliphatic carboxylic acids is 1. The third-order valence-electron chi connectivity index (χ3n) is 3.86. The number of nitrogens with one attached hydrogen (secondary N) is 1. The first-order chi connectivity index (χ1) is 9.50. The Morgan fingerprint density at radius 2 is 1.90 bits per heavy atom. The topological polar surface area (TPSA) is 66.4 Å². The van der Waals surface area contributed by atoms with Gasteiger partial charge in [0.15, 0.2) is 0 Å². The molecule has 1 aromatic carbocycles. The lowest BCUT2D eigenvalue weighted by Gasteiger charge is -2.22. The van der Waals surface area contributed by atoms with Gasteiger partial charge >= 0.3 is 5.97 Å². The summed E-state index contributed by atoms with van der Waals surface area (Å²) >= 11 is 0. The highest BCUT2D eigenvalue weighted by molar-refractivity contribution is 5.98. The highest BCUT2D eigenvalue weighted by atomic mass is 16.4. The van der Waals surface area contributed by atoms with Gasteiger partial charge in [0.25, 0.3) is 5.91 Å². The molecule has 1 amide bonds. The summed E-state index contributed by atoms with van der Waals surface area (Å²) in [6, 6.07) is 4.88. The number of amides is 1. The quantitative estimate of drug-likeness (QED) is 0.886. The molecule has 20 heavy (non-hydrogen) atoms. The zero-order valence-corrected chi connectivity index (χ0v) is 12.0. The standard InChI is InChI=1S/C16H21NO3/c1-10(2)14(16(19)20)17-15(18)13-9-5-7-11-6-3-4-8-12(11)13/h5,7,9-10,14H,3-4,6,8H2,1-2H3,(H,17,18)(H,19,20)/t14-/m0/s1. The zero-order valence-electron chi connectivity index (χ0n) is 12.0. The van der Waals surface area contributed by atoms with E-state index >= 15 is 0 Å². The minimum Gasteiger partial charge on any atom is -0.480 e. The van der Waals surface area contributed by atoms with Crippen molar-refractivity contribution in [1.82, 2.24) is 5.32 Å². The predicted molar refractivity (Wildman–Crippen MR) is 76.8 cm³/mol. The molecule has 0 saturated heterocycles. The molecule has 0 radical (unpaired) electrons. The third kappa shape index (κ3) is 3.00. The first-order valence-corrected chi connectivity index (χ1v) is 7.15. The number of carbonyl (C=O) groups excluding carboxylic acids is 1. The molecular weight excluding hydrogens is 254 g/mol. The summed E-state index contributed by atoms with van der Waals surface area (Å²) < 4.78 is 0. The van der Waals surface area contributed by atoms with Crippen LogP contribution in [0, 0.1) is 5.92 Å². The SMILES string of the molecule is CC(C)[C@H](NC(=O)c1cccc2c1CCCC2)C(=O)O. The van der Waals surface area contributed by atoms with Crippen molar-refractivity contribution in [3.63, 3.8) is 0 Å². The second kappa shape index (κ2) is 6.07. The molecule has 0 spiro atoms. The van der Waals surface area contributed by atoms with E-state index in [2.05, 4.69) is 11.4 Å². The minimum absolute atomic E-state index is 0.143. The molecule has 0 aliphatic heterocycles. The Balaban J connectivity index is 2.23. The number of hydrogen-bond donors (Lipinski definition) is 2. The van der Waals surface area contributed by atoms with Gasteiger partial charge in [0.2, 0.25) is 0 Å². The number of carboxylic acid groups (broad SMARTS) is 1. The maximum absolute atomic E-state index is 12.4. The molecule has 0 heterocycles. The smallest absolute Gasteiger partial charge is 0.326 e. The van der Waals surface area contributed by atoms with Crippen LogP contribution >= 0.6 is 0 Å². The van der Waals surface area contributed by atoms with E-state index in [4.69, 9.17) is 5.11 Å². The van der Waals surface area contributed by atoms with Crippen molar-refractivity contribution in [2.45, 2.75) is 45.6 Å². The maximum atomic E-state index is 12.4. The fourth-order valence-corrected chi connectivity index (χ4v) is 2.73. The summed E-state index contributed by atoms with van der Waals surface area (Å²) in [6.07, 6.45) is 4.15. The van der Waals surface area contributed by atoms with E-state index in [-0.39, 0.29) is 11.8 Å². The Hall–Kier alpha value is -1.84. The second-order valence-corrected chi connectivity index (χ2v) is 5.68. The Kier molecular flexibility index (Phi) is 4.42. The van der Waals surface area contributed by atoms with E-state index in [1.165, 1.54) is 5.56 Å². The molecule has 2 rings (SSSR count). The molecule has 4 nitrogen and oxygen atoms in total.